The van der Waals surface area contributed by atoms with Gasteiger partial charge in [-0.05, 0) is 99.1 Å². The van der Waals surface area contributed by atoms with Crippen molar-refractivity contribution in [2.45, 2.75) is 45.4 Å². The first kappa shape index (κ1) is 23.7. The minimum Gasteiger partial charge on any atom is -0.493 e. The van der Waals surface area contributed by atoms with Gasteiger partial charge in [0.15, 0.2) is 15.8 Å². The van der Waals surface area contributed by atoms with Crippen molar-refractivity contribution in [1.82, 2.24) is 0 Å². The number of benzene rings is 2. The van der Waals surface area contributed by atoms with E-state index in [0.717, 1.165) is 36.1 Å². The van der Waals surface area contributed by atoms with Crippen LogP contribution < -0.4 is 14.4 Å². The molecule has 0 spiro atoms. The Morgan fingerprint density at radius 3 is 2.28 bits per heavy atom. The molecule has 0 aromatic heterocycles. The van der Waals surface area contributed by atoms with Crippen molar-refractivity contribution < 1.29 is 19.1 Å². The molecule has 4 bridgehead atoms. The molecule has 186 valence electrons. The number of methoxy groups -OCH3 is 1. The number of anilines is 1. The van der Waals surface area contributed by atoms with E-state index in [4.69, 9.17) is 21.7 Å². The molecule has 0 atom stereocenters. The second kappa shape index (κ2) is 9.03. The first-order valence-electron chi connectivity index (χ1n) is 12.6. The monoisotopic (exact) mass is 519 g/mol. The molecule has 1 heterocycles. The molecule has 5 aliphatic rings. The standard InChI is InChI=1S/C29H29NO4S2/c1-17-3-6-22(7-4-17)30-26(31)25(36-28(30)35)13-18-5-8-23(24(12-18)33-2)34-27(32)29-14-19-9-20(15-29)11-21(10-19)16-29/h3-8,12-13,19-21H,9-11,14-16H2,1-2H3/b25-13+. The largest absolute Gasteiger partial charge is 0.493 e. The highest BCUT2D eigenvalue weighted by atomic mass is 32.2. The van der Waals surface area contributed by atoms with Crippen molar-refractivity contribution >= 4 is 51.9 Å². The number of thioether (sulfide) groups is 1. The van der Waals surface area contributed by atoms with E-state index in [2.05, 4.69) is 0 Å². The summed E-state index contributed by atoms with van der Waals surface area (Å²) in [7, 11) is 1.57. The van der Waals surface area contributed by atoms with Gasteiger partial charge in [-0.15, -0.1) is 0 Å². The zero-order valence-electron chi connectivity index (χ0n) is 20.5. The van der Waals surface area contributed by atoms with Gasteiger partial charge >= 0.3 is 5.97 Å². The van der Waals surface area contributed by atoms with Crippen molar-refractivity contribution in [2.75, 3.05) is 12.0 Å². The van der Waals surface area contributed by atoms with Gasteiger partial charge in [-0.1, -0.05) is 47.7 Å². The first-order valence-corrected chi connectivity index (χ1v) is 13.8. The highest BCUT2D eigenvalue weighted by molar-refractivity contribution is 8.27. The van der Waals surface area contributed by atoms with Crippen LogP contribution in [-0.4, -0.2) is 23.3 Å². The fourth-order valence-corrected chi connectivity index (χ4v) is 8.26. The zero-order chi connectivity index (χ0) is 25.0. The minimum atomic E-state index is -0.331. The molecule has 5 fully saturated rings. The molecule has 7 rings (SSSR count). The SMILES string of the molecule is COc1cc(/C=C2/SC(=S)N(c3ccc(C)cc3)C2=O)ccc1OC(=O)C12CC3CC(CC(C3)C1)C2. The third-order valence-corrected chi connectivity index (χ3v) is 9.55. The van der Waals surface area contributed by atoms with E-state index in [0.29, 0.717) is 38.5 Å². The van der Waals surface area contributed by atoms with Crippen LogP contribution >= 0.6 is 24.0 Å². The van der Waals surface area contributed by atoms with E-state index in [1.807, 2.05) is 37.3 Å². The Kier molecular flexibility index (Phi) is 5.96. The second-order valence-electron chi connectivity index (χ2n) is 10.9. The van der Waals surface area contributed by atoms with Gasteiger partial charge in [0.05, 0.1) is 23.1 Å². The topological polar surface area (TPSA) is 55.8 Å². The number of carbonyl (C=O) groups is 2. The Morgan fingerprint density at radius 2 is 1.67 bits per heavy atom. The van der Waals surface area contributed by atoms with Crippen LogP contribution in [0.1, 0.15) is 49.7 Å². The highest BCUT2D eigenvalue weighted by Gasteiger charge is 2.55. The minimum absolute atomic E-state index is 0.105. The van der Waals surface area contributed by atoms with Crippen LogP contribution in [0.3, 0.4) is 0 Å². The van der Waals surface area contributed by atoms with Crippen LogP contribution in [0.25, 0.3) is 6.08 Å². The lowest BCUT2D eigenvalue weighted by Gasteiger charge is -2.55. The molecular formula is C29H29NO4S2. The number of rotatable bonds is 5. The fourth-order valence-electron chi connectivity index (χ4n) is 6.96. The predicted octanol–water partition coefficient (Wildman–Crippen LogP) is 6.53. The number of nitrogens with zero attached hydrogens (tertiary/aromatic N) is 1. The molecule has 2 aromatic rings. The molecular weight excluding hydrogens is 490 g/mol. The van der Waals surface area contributed by atoms with Gasteiger partial charge in [-0.25, -0.2) is 0 Å². The van der Waals surface area contributed by atoms with Crippen molar-refractivity contribution in [1.29, 1.82) is 0 Å². The second-order valence-corrected chi connectivity index (χ2v) is 12.5. The average Bonchev–Trinajstić information content (AvgIpc) is 3.12. The molecule has 0 N–H and O–H groups in total. The normalized spacial score (nSPS) is 29.8. The van der Waals surface area contributed by atoms with Gasteiger partial charge in [0.25, 0.3) is 5.91 Å². The summed E-state index contributed by atoms with van der Waals surface area (Å²) < 4.78 is 12.1. The zero-order valence-corrected chi connectivity index (χ0v) is 22.1. The molecule has 4 saturated carbocycles. The van der Waals surface area contributed by atoms with Crippen molar-refractivity contribution in [3.8, 4) is 11.5 Å². The van der Waals surface area contributed by atoms with Gasteiger partial charge in [0, 0.05) is 0 Å². The van der Waals surface area contributed by atoms with Gasteiger partial charge < -0.3 is 9.47 Å². The van der Waals surface area contributed by atoms with Gasteiger partial charge in [0.2, 0.25) is 0 Å². The van der Waals surface area contributed by atoms with Crippen LogP contribution in [0.2, 0.25) is 0 Å². The summed E-state index contributed by atoms with van der Waals surface area (Å²) in [5.74, 6) is 2.68. The van der Waals surface area contributed by atoms with Gasteiger partial charge in [0.1, 0.15) is 0 Å². The summed E-state index contributed by atoms with van der Waals surface area (Å²) in [5.41, 5.74) is 2.33. The molecule has 1 amide bonds. The summed E-state index contributed by atoms with van der Waals surface area (Å²) in [4.78, 5) is 28.6. The number of ether oxygens (including phenoxy) is 2. The highest BCUT2D eigenvalue weighted by Crippen LogP contribution is 2.60. The number of esters is 1. The van der Waals surface area contributed by atoms with Crippen LogP contribution in [0.4, 0.5) is 5.69 Å². The Hall–Kier alpha value is -2.64. The lowest BCUT2D eigenvalue weighted by Crippen LogP contribution is -2.51. The molecule has 1 saturated heterocycles. The molecule has 7 heteroatoms. The van der Waals surface area contributed by atoms with Crippen molar-refractivity contribution in [3.63, 3.8) is 0 Å². The smallest absolute Gasteiger partial charge is 0.317 e. The molecule has 2 aromatic carbocycles. The Balaban J connectivity index is 1.21. The number of aryl methyl sites for hydroxylation is 1. The molecule has 0 unspecified atom stereocenters. The predicted molar refractivity (Wildman–Crippen MR) is 146 cm³/mol. The maximum absolute atomic E-state index is 13.4. The first-order chi connectivity index (χ1) is 17.3. The van der Waals surface area contributed by atoms with Crippen LogP contribution in [0, 0.1) is 30.1 Å². The van der Waals surface area contributed by atoms with E-state index >= 15 is 0 Å². The average molecular weight is 520 g/mol. The molecule has 1 aliphatic heterocycles. The van der Waals surface area contributed by atoms with E-state index in [1.54, 1.807) is 30.2 Å². The van der Waals surface area contributed by atoms with E-state index in [-0.39, 0.29) is 17.3 Å². The number of hydrogen-bond acceptors (Lipinski definition) is 6. The number of thiocarbonyl (C=S) groups is 1. The third kappa shape index (κ3) is 4.16. The quantitative estimate of drug-likeness (QED) is 0.194. The molecule has 5 nitrogen and oxygen atoms in total. The van der Waals surface area contributed by atoms with E-state index < -0.39 is 0 Å². The molecule has 4 aliphatic carbocycles. The number of amides is 1. The Bertz CT molecular complexity index is 1250. The van der Waals surface area contributed by atoms with Crippen molar-refractivity contribution in [2.24, 2.45) is 23.2 Å². The summed E-state index contributed by atoms with van der Waals surface area (Å²) in [6.45, 7) is 2.01. The van der Waals surface area contributed by atoms with Crippen LogP contribution in [0.15, 0.2) is 47.4 Å². The summed E-state index contributed by atoms with van der Waals surface area (Å²) in [5, 5.41) is 0. The lowest BCUT2D eigenvalue weighted by molar-refractivity contribution is -0.161. The molecule has 36 heavy (non-hydrogen) atoms. The molecule has 0 radical (unpaired) electrons. The maximum Gasteiger partial charge on any atom is 0.317 e. The van der Waals surface area contributed by atoms with Gasteiger partial charge in [-0.2, -0.15) is 0 Å². The van der Waals surface area contributed by atoms with E-state index in [9.17, 15) is 9.59 Å². The fraction of sp³-hybridized carbons (Fsp3) is 0.414. The van der Waals surface area contributed by atoms with Crippen LogP contribution in [0.5, 0.6) is 11.5 Å². The van der Waals surface area contributed by atoms with Gasteiger partial charge in [-0.3, -0.25) is 14.5 Å². The summed E-state index contributed by atoms with van der Waals surface area (Å²) in [6.07, 6.45) is 8.52. The number of hydrogen-bond donors (Lipinski definition) is 0. The van der Waals surface area contributed by atoms with Crippen molar-refractivity contribution in [3.05, 3.63) is 58.5 Å². The number of carbonyl (C=O) groups excluding carboxylic acids is 2. The van der Waals surface area contributed by atoms with Crippen LogP contribution in [-0.2, 0) is 9.59 Å². The Morgan fingerprint density at radius 1 is 1.03 bits per heavy atom. The maximum atomic E-state index is 13.4. The Labute approximate surface area is 221 Å². The third-order valence-electron chi connectivity index (χ3n) is 8.25. The summed E-state index contributed by atoms with van der Waals surface area (Å²) >= 11 is 6.77. The summed E-state index contributed by atoms with van der Waals surface area (Å²) in [6, 6.07) is 13.2. The van der Waals surface area contributed by atoms with E-state index in [1.165, 1.54) is 31.0 Å². The lowest BCUT2D eigenvalue weighted by atomic mass is 9.49.